The number of hydrogen-bond donors (Lipinski definition) is 3. The molecule has 2 heterocycles. The van der Waals surface area contributed by atoms with Crippen molar-refractivity contribution in [3.05, 3.63) is 76.5 Å². The maximum atomic E-state index is 12.5. The van der Waals surface area contributed by atoms with Crippen LogP contribution in [0.4, 0.5) is 17.1 Å². The van der Waals surface area contributed by atoms with Gasteiger partial charge in [-0.25, -0.2) is 4.99 Å². The van der Waals surface area contributed by atoms with E-state index >= 15 is 0 Å². The van der Waals surface area contributed by atoms with E-state index in [2.05, 4.69) is 27.8 Å². The molecular formula is C24H27N5OS2. The van der Waals surface area contributed by atoms with Crippen molar-refractivity contribution in [2.75, 3.05) is 30.1 Å². The highest BCUT2D eigenvalue weighted by Gasteiger charge is 2.27. The zero-order valence-electron chi connectivity index (χ0n) is 18.1. The summed E-state index contributed by atoms with van der Waals surface area (Å²) in [5.41, 5.74) is 10.0. The molecule has 6 nitrogen and oxygen atoms in total. The maximum absolute atomic E-state index is 12.5. The van der Waals surface area contributed by atoms with Crippen LogP contribution in [0, 0.1) is 0 Å². The lowest BCUT2D eigenvalue weighted by molar-refractivity contribution is -0.116. The monoisotopic (exact) mass is 465 g/mol. The normalized spacial score (nSPS) is 18.5. The molecule has 1 aliphatic heterocycles. The second-order valence-corrected chi connectivity index (χ2v) is 9.93. The highest BCUT2D eigenvalue weighted by Crippen LogP contribution is 2.35. The number of anilines is 2. The molecule has 32 heavy (non-hydrogen) atoms. The van der Waals surface area contributed by atoms with Gasteiger partial charge in [-0.1, -0.05) is 18.2 Å². The summed E-state index contributed by atoms with van der Waals surface area (Å²) < 4.78 is 0. The highest BCUT2D eigenvalue weighted by molar-refractivity contribution is 7.99. The molecular weight excluding hydrogens is 438 g/mol. The first kappa shape index (κ1) is 22.4. The van der Waals surface area contributed by atoms with Crippen LogP contribution >= 0.6 is 23.1 Å². The highest BCUT2D eigenvalue weighted by atomic mass is 32.2. The van der Waals surface area contributed by atoms with E-state index in [-0.39, 0.29) is 17.3 Å². The number of amides is 1. The third kappa shape index (κ3) is 5.70. The van der Waals surface area contributed by atoms with E-state index in [1.807, 2.05) is 84.7 Å². The third-order valence-corrected chi connectivity index (χ3v) is 7.38. The molecule has 4 rings (SSSR count). The van der Waals surface area contributed by atoms with Gasteiger partial charge in [-0.15, -0.1) is 23.1 Å². The standard InChI is InChI=1S/C24H27N5OS2/c1-29(2)20-10-8-17(9-11-20)26-22(30)14-19-15-32-24(28-19)16-5-3-6-18(13-16)27-23(25)21-7-4-12-31-21/h3-13,19,24,28H,14-15H2,1-2H3,(H2,25,27)(H,26,30)/t19-,24?/m1/s1. The Labute approximate surface area is 196 Å². The van der Waals surface area contributed by atoms with E-state index < -0.39 is 0 Å². The van der Waals surface area contributed by atoms with Crippen LogP contribution in [0.25, 0.3) is 0 Å². The Morgan fingerprint density at radius 2 is 2.00 bits per heavy atom. The van der Waals surface area contributed by atoms with Crippen molar-refractivity contribution in [3.8, 4) is 0 Å². The van der Waals surface area contributed by atoms with Crippen molar-refractivity contribution >= 4 is 51.9 Å². The minimum atomic E-state index is 0.0171. The van der Waals surface area contributed by atoms with Crippen LogP contribution in [0.1, 0.15) is 22.2 Å². The number of benzene rings is 2. The Balaban J connectivity index is 1.33. The average molecular weight is 466 g/mol. The minimum Gasteiger partial charge on any atom is -0.383 e. The summed E-state index contributed by atoms with van der Waals surface area (Å²) in [6.45, 7) is 0. The molecule has 2 aromatic carbocycles. The second kappa shape index (κ2) is 10.2. The van der Waals surface area contributed by atoms with Gasteiger partial charge in [0.1, 0.15) is 5.84 Å². The van der Waals surface area contributed by atoms with Crippen molar-refractivity contribution in [2.24, 2.45) is 10.7 Å². The fraction of sp³-hybridized carbons (Fsp3) is 0.250. The smallest absolute Gasteiger partial charge is 0.225 e. The number of carbonyl (C=O) groups excluding carboxylic acids is 1. The molecule has 166 valence electrons. The minimum absolute atomic E-state index is 0.0171. The number of carbonyl (C=O) groups is 1. The Morgan fingerprint density at radius 3 is 2.72 bits per heavy atom. The molecule has 4 N–H and O–H groups in total. The fourth-order valence-corrected chi connectivity index (χ4v) is 5.38. The van der Waals surface area contributed by atoms with Crippen LogP contribution in [-0.4, -0.2) is 37.6 Å². The number of thiophene rings is 1. The van der Waals surface area contributed by atoms with Gasteiger partial charge in [0.2, 0.25) is 5.91 Å². The quantitative estimate of drug-likeness (QED) is 0.351. The number of aliphatic imine (C=N–C) groups is 1. The Bertz CT molecular complexity index is 1080. The van der Waals surface area contributed by atoms with E-state index in [0.29, 0.717) is 12.3 Å². The average Bonchev–Trinajstić information content (AvgIpc) is 3.47. The number of nitrogens with zero attached hydrogens (tertiary/aromatic N) is 2. The number of hydrogen-bond acceptors (Lipinski definition) is 6. The third-order valence-electron chi connectivity index (χ3n) is 5.15. The summed E-state index contributed by atoms with van der Waals surface area (Å²) >= 11 is 3.38. The molecule has 1 unspecified atom stereocenters. The van der Waals surface area contributed by atoms with Crippen LogP contribution in [-0.2, 0) is 4.79 Å². The van der Waals surface area contributed by atoms with Crippen molar-refractivity contribution in [2.45, 2.75) is 17.8 Å². The van der Waals surface area contributed by atoms with Crippen LogP contribution in [0.3, 0.4) is 0 Å². The van der Waals surface area contributed by atoms with Gasteiger partial charge < -0.3 is 16.0 Å². The Kier molecular flexibility index (Phi) is 7.14. The van der Waals surface area contributed by atoms with Crippen LogP contribution in [0.15, 0.2) is 71.0 Å². The summed E-state index contributed by atoms with van der Waals surface area (Å²) in [6, 6.07) is 20.0. The summed E-state index contributed by atoms with van der Waals surface area (Å²) in [5, 5.41) is 8.69. The van der Waals surface area contributed by atoms with Crippen molar-refractivity contribution in [1.82, 2.24) is 5.32 Å². The molecule has 3 aromatic rings. The van der Waals surface area contributed by atoms with E-state index in [1.165, 1.54) is 0 Å². The molecule has 1 fully saturated rings. The summed E-state index contributed by atoms with van der Waals surface area (Å²) in [6.07, 6.45) is 0.433. The molecule has 1 aliphatic rings. The number of rotatable bonds is 7. The first-order valence-electron chi connectivity index (χ1n) is 10.4. The van der Waals surface area contributed by atoms with Gasteiger partial charge in [0.05, 0.1) is 15.9 Å². The SMILES string of the molecule is CN(C)c1ccc(NC(=O)C[C@@H]2CSC(c3cccc(N=C(N)c4cccs4)c3)N2)cc1. The second-order valence-electron chi connectivity index (χ2n) is 7.84. The maximum Gasteiger partial charge on any atom is 0.225 e. The predicted octanol–water partition coefficient (Wildman–Crippen LogP) is 4.58. The van der Waals surface area contributed by atoms with Gasteiger partial charge in [-0.2, -0.15) is 0 Å². The number of nitrogens with one attached hydrogen (secondary N) is 2. The molecule has 1 saturated heterocycles. The number of nitrogens with two attached hydrogens (primary N) is 1. The van der Waals surface area contributed by atoms with E-state index in [0.717, 1.165) is 33.3 Å². The van der Waals surface area contributed by atoms with E-state index in [9.17, 15) is 4.79 Å². The van der Waals surface area contributed by atoms with Gasteiger partial charge in [0, 0.05) is 43.7 Å². The van der Waals surface area contributed by atoms with Gasteiger partial charge in [-0.3, -0.25) is 10.1 Å². The summed E-state index contributed by atoms with van der Waals surface area (Å²) in [4.78, 5) is 20.1. The van der Waals surface area contributed by atoms with Crippen molar-refractivity contribution < 1.29 is 4.79 Å². The lowest BCUT2D eigenvalue weighted by Crippen LogP contribution is -2.30. The Hall–Kier alpha value is -2.81. The fourth-order valence-electron chi connectivity index (χ4n) is 3.49. The molecule has 0 saturated carbocycles. The largest absolute Gasteiger partial charge is 0.383 e. The molecule has 1 amide bonds. The van der Waals surface area contributed by atoms with Crippen molar-refractivity contribution in [1.29, 1.82) is 0 Å². The van der Waals surface area contributed by atoms with Gasteiger partial charge in [0.25, 0.3) is 0 Å². The number of amidine groups is 1. The van der Waals surface area contributed by atoms with Crippen molar-refractivity contribution in [3.63, 3.8) is 0 Å². The summed E-state index contributed by atoms with van der Waals surface area (Å²) in [5.74, 6) is 1.42. The van der Waals surface area contributed by atoms with Gasteiger partial charge in [0.15, 0.2) is 0 Å². The zero-order valence-corrected chi connectivity index (χ0v) is 19.7. The molecule has 0 bridgehead atoms. The molecule has 0 aliphatic carbocycles. The van der Waals surface area contributed by atoms with E-state index in [1.54, 1.807) is 11.3 Å². The van der Waals surface area contributed by atoms with E-state index in [4.69, 9.17) is 5.73 Å². The lowest BCUT2D eigenvalue weighted by Gasteiger charge is -2.15. The van der Waals surface area contributed by atoms with Crippen LogP contribution in [0.2, 0.25) is 0 Å². The zero-order chi connectivity index (χ0) is 22.5. The molecule has 8 heteroatoms. The topological polar surface area (TPSA) is 82.8 Å². The number of thioether (sulfide) groups is 1. The lowest BCUT2D eigenvalue weighted by atomic mass is 10.1. The molecule has 0 spiro atoms. The first-order chi connectivity index (χ1) is 15.5. The molecule has 0 radical (unpaired) electrons. The van der Waals surface area contributed by atoms with Gasteiger partial charge in [-0.05, 0) is 53.4 Å². The van der Waals surface area contributed by atoms with Crippen LogP contribution < -0.4 is 21.3 Å². The van der Waals surface area contributed by atoms with Gasteiger partial charge >= 0.3 is 0 Å². The van der Waals surface area contributed by atoms with Crippen LogP contribution in [0.5, 0.6) is 0 Å². The first-order valence-corrected chi connectivity index (χ1v) is 12.3. The molecule has 2 atom stereocenters. The molecule has 1 aromatic heterocycles. The predicted molar refractivity (Wildman–Crippen MR) is 137 cm³/mol. The Morgan fingerprint density at radius 1 is 1.19 bits per heavy atom. The summed E-state index contributed by atoms with van der Waals surface area (Å²) in [7, 11) is 3.99.